The molecule has 0 spiro atoms. The first kappa shape index (κ1) is 10.7. The number of aromatic nitrogens is 1. The smallest absolute Gasteiger partial charge is 0.142 e. The second-order valence-corrected chi connectivity index (χ2v) is 5.44. The van der Waals surface area contributed by atoms with Crippen LogP contribution in [-0.4, -0.2) is 17.0 Å². The molecule has 2 rings (SSSR count). The second kappa shape index (κ2) is 4.00. The highest BCUT2D eigenvalue weighted by atomic mass is 32.1. The Bertz CT molecular complexity index is 342. The zero-order valence-corrected chi connectivity index (χ0v) is 10.5. The quantitative estimate of drug-likeness (QED) is 0.856. The van der Waals surface area contributed by atoms with E-state index in [4.69, 9.17) is 5.73 Å². The summed E-state index contributed by atoms with van der Waals surface area (Å²) in [7, 11) is 0. The average Bonchev–Trinajstić information content (AvgIpc) is 2.94. The summed E-state index contributed by atoms with van der Waals surface area (Å²) in [5.41, 5.74) is 6.95. The summed E-state index contributed by atoms with van der Waals surface area (Å²) in [6, 6.07) is 0.532. The van der Waals surface area contributed by atoms with E-state index in [9.17, 15) is 0 Å². The molecule has 15 heavy (non-hydrogen) atoms. The highest BCUT2D eigenvalue weighted by molar-refractivity contribution is 7.10. The molecule has 4 heteroatoms. The minimum absolute atomic E-state index is 0.532. The average molecular weight is 225 g/mol. The number of nitrogens with zero attached hydrogens (tertiary/aromatic N) is 2. The van der Waals surface area contributed by atoms with Crippen molar-refractivity contribution >= 4 is 22.4 Å². The fourth-order valence-electron chi connectivity index (χ4n) is 1.71. The Hall–Kier alpha value is -0.770. The van der Waals surface area contributed by atoms with Crippen LogP contribution in [0.5, 0.6) is 0 Å². The van der Waals surface area contributed by atoms with Gasteiger partial charge in [-0.25, -0.2) is 0 Å². The zero-order valence-electron chi connectivity index (χ0n) is 9.66. The Kier molecular flexibility index (Phi) is 2.87. The molecule has 1 aromatic heterocycles. The van der Waals surface area contributed by atoms with Gasteiger partial charge in [-0.1, -0.05) is 0 Å². The van der Waals surface area contributed by atoms with Crippen LogP contribution < -0.4 is 10.6 Å². The molecule has 0 aliphatic heterocycles. The molecule has 0 atom stereocenters. The lowest BCUT2D eigenvalue weighted by Gasteiger charge is -2.27. The summed E-state index contributed by atoms with van der Waals surface area (Å²) in [6.07, 6.45) is 2.77. The molecule has 0 saturated heterocycles. The van der Waals surface area contributed by atoms with Gasteiger partial charge in [-0.15, -0.1) is 0 Å². The summed E-state index contributed by atoms with van der Waals surface area (Å²) in [5.74, 6) is 1.59. The summed E-state index contributed by atoms with van der Waals surface area (Å²) < 4.78 is 4.22. The minimum atomic E-state index is 0.532. The third-order valence-electron chi connectivity index (χ3n) is 2.97. The molecule has 0 unspecified atom stereocenters. The van der Waals surface area contributed by atoms with E-state index in [1.165, 1.54) is 35.9 Å². The van der Waals surface area contributed by atoms with Crippen LogP contribution >= 0.6 is 11.5 Å². The molecule has 2 N–H and O–H groups in total. The number of nitrogens with two attached hydrogens (primary N) is 1. The molecular weight excluding hydrogens is 206 g/mol. The van der Waals surface area contributed by atoms with Crippen LogP contribution in [0.15, 0.2) is 0 Å². The maximum absolute atomic E-state index is 5.80. The van der Waals surface area contributed by atoms with Crippen LogP contribution in [0.1, 0.15) is 32.3 Å². The second-order valence-electron chi connectivity index (χ2n) is 4.69. The maximum Gasteiger partial charge on any atom is 0.142 e. The molecule has 1 aromatic rings. The van der Waals surface area contributed by atoms with Crippen molar-refractivity contribution in [2.24, 2.45) is 5.92 Å². The van der Waals surface area contributed by atoms with Gasteiger partial charge in [-0.2, -0.15) is 4.37 Å². The predicted octanol–water partition coefficient (Wildman–Crippen LogP) is 2.66. The Balaban J connectivity index is 2.18. The molecule has 0 aromatic carbocycles. The summed E-state index contributed by atoms with van der Waals surface area (Å²) >= 11 is 1.53. The lowest BCUT2D eigenvalue weighted by atomic mass is 10.2. The molecule has 0 radical (unpaired) electrons. The largest absolute Gasteiger partial charge is 0.383 e. The van der Waals surface area contributed by atoms with Gasteiger partial charge >= 0.3 is 0 Å². The maximum atomic E-state index is 5.80. The zero-order chi connectivity index (χ0) is 11.0. The van der Waals surface area contributed by atoms with E-state index >= 15 is 0 Å². The number of hydrogen-bond acceptors (Lipinski definition) is 4. The molecular formula is C11H19N3S. The van der Waals surface area contributed by atoms with Gasteiger partial charge in [0.1, 0.15) is 10.8 Å². The van der Waals surface area contributed by atoms with Crippen LogP contribution in [0.25, 0.3) is 0 Å². The van der Waals surface area contributed by atoms with Gasteiger partial charge in [0.2, 0.25) is 0 Å². The lowest BCUT2D eigenvalue weighted by molar-refractivity contribution is 0.648. The molecule has 1 heterocycles. The van der Waals surface area contributed by atoms with Gasteiger partial charge in [0.05, 0.1) is 0 Å². The molecule has 84 valence electrons. The lowest BCUT2D eigenvalue weighted by Crippen LogP contribution is -2.32. The van der Waals surface area contributed by atoms with Gasteiger partial charge in [-0.3, -0.25) is 0 Å². The van der Waals surface area contributed by atoms with Crippen molar-refractivity contribution in [3.8, 4) is 0 Å². The normalized spacial score (nSPS) is 16.0. The first-order valence-corrected chi connectivity index (χ1v) is 6.35. The number of rotatable bonds is 4. The summed E-state index contributed by atoms with van der Waals surface area (Å²) in [5, 5.41) is 1.26. The minimum Gasteiger partial charge on any atom is -0.383 e. The SMILES string of the molecule is Cc1c(N)nsc1N(CC1CC1)C(C)C. The first-order valence-electron chi connectivity index (χ1n) is 5.58. The van der Waals surface area contributed by atoms with Crippen LogP contribution in [0.3, 0.4) is 0 Å². The van der Waals surface area contributed by atoms with Crippen LogP contribution in [-0.2, 0) is 0 Å². The van der Waals surface area contributed by atoms with Crippen LogP contribution in [0, 0.1) is 12.8 Å². The van der Waals surface area contributed by atoms with Crippen molar-refractivity contribution in [3.05, 3.63) is 5.56 Å². The third kappa shape index (κ3) is 2.25. The van der Waals surface area contributed by atoms with Gasteiger partial charge in [0, 0.05) is 18.2 Å². The van der Waals surface area contributed by atoms with E-state index in [1.807, 2.05) is 0 Å². The Morgan fingerprint density at radius 2 is 2.20 bits per heavy atom. The van der Waals surface area contributed by atoms with Crippen molar-refractivity contribution in [2.45, 2.75) is 39.7 Å². The molecule has 1 saturated carbocycles. The van der Waals surface area contributed by atoms with Crippen molar-refractivity contribution in [1.82, 2.24) is 4.37 Å². The Labute approximate surface area is 95.4 Å². The highest BCUT2D eigenvalue weighted by Gasteiger charge is 2.27. The number of nitrogen functional groups attached to an aromatic ring is 1. The van der Waals surface area contributed by atoms with E-state index in [0.29, 0.717) is 11.9 Å². The van der Waals surface area contributed by atoms with E-state index in [1.54, 1.807) is 0 Å². The predicted molar refractivity (Wildman–Crippen MR) is 66.5 cm³/mol. The third-order valence-corrected chi connectivity index (χ3v) is 3.97. The van der Waals surface area contributed by atoms with Crippen molar-refractivity contribution in [3.63, 3.8) is 0 Å². The van der Waals surface area contributed by atoms with E-state index in [-0.39, 0.29) is 0 Å². The van der Waals surface area contributed by atoms with Gasteiger partial charge in [-0.05, 0) is 51.1 Å². The topological polar surface area (TPSA) is 42.1 Å². The van der Waals surface area contributed by atoms with Crippen molar-refractivity contribution in [2.75, 3.05) is 17.2 Å². The van der Waals surface area contributed by atoms with Crippen LogP contribution in [0.4, 0.5) is 10.8 Å². The molecule has 1 fully saturated rings. The monoisotopic (exact) mass is 225 g/mol. The van der Waals surface area contributed by atoms with E-state index < -0.39 is 0 Å². The number of anilines is 2. The Morgan fingerprint density at radius 1 is 1.53 bits per heavy atom. The first-order chi connectivity index (χ1) is 7.09. The molecule has 3 nitrogen and oxygen atoms in total. The molecule has 0 amide bonds. The van der Waals surface area contributed by atoms with E-state index in [0.717, 1.165) is 11.5 Å². The van der Waals surface area contributed by atoms with Crippen LogP contribution in [0.2, 0.25) is 0 Å². The highest BCUT2D eigenvalue weighted by Crippen LogP contribution is 2.36. The Morgan fingerprint density at radius 3 is 2.60 bits per heavy atom. The van der Waals surface area contributed by atoms with Gasteiger partial charge in [0.15, 0.2) is 0 Å². The van der Waals surface area contributed by atoms with Crippen molar-refractivity contribution in [1.29, 1.82) is 0 Å². The van der Waals surface area contributed by atoms with E-state index in [2.05, 4.69) is 30.0 Å². The van der Waals surface area contributed by atoms with Crippen molar-refractivity contribution < 1.29 is 0 Å². The fourth-order valence-corrected chi connectivity index (χ4v) is 2.67. The molecule has 0 bridgehead atoms. The number of hydrogen-bond donors (Lipinski definition) is 1. The fraction of sp³-hybridized carbons (Fsp3) is 0.727. The van der Waals surface area contributed by atoms with Gasteiger partial charge in [0.25, 0.3) is 0 Å². The summed E-state index contributed by atoms with van der Waals surface area (Å²) in [4.78, 5) is 2.45. The standard InChI is InChI=1S/C11H19N3S/c1-7(2)14(6-9-4-5-9)11-8(3)10(12)13-15-11/h7,9H,4-6H2,1-3H3,(H2,12,13). The molecule has 1 aliphatic carbocycles. The summed E-state index contributed by atoms with van der Waals surface area (Å²) in [6.45, 7) is 7.70. The molecule has 1 aliphatic rings. The van der Waals surface area contributed by atoms with Gasteiger partial charge < -0.3 is 10.6 Å².